The van der Waals surface area contributed by atoms with Crippen molar-refractivity contribution in [2.45, 2.75) is 19.3 Å². The van der Waals surface area contributed by atoms with E-state index in [-0.39, 0.29) is 0 Å². The van der Waals surface area contributed by atoms with Gasteiger partial charge in [0, 0.05) is 39.3 Å². The van der Waals surface area contributed by atoms with Crippen LogP contribution in [0.4, 0.5) is 11.6 Å². The SMILES string of the molecule is C1CCN(c2nsnc2N2CCNCC2)CC1. The fourth-order valence-electron chi connectivity index (χ4n) is 2.56. The molecule has 1 aromatic heterocycles. The Balaban J connectivity index is 1.77. The highest BCUT2D eigenvalue weighted by atomic mass is 32.1. The molecule has 0 bridgehead atoms. The van der Waals surface area contributed by atoms with Gasteiger partial charge in [0.1, 0.15) is 0 Å². The third-order valence-corrected chi connectivity index (χ3v) is 4.04. The number of hydrogen-bond donors (Lipinski definition) is 1. The zero-order chi connectivity index (χ0) is 11.5. The monoisotopic (exact) mass is 253 g/mol. The zero-order valence-corrected chi connectivity index (χ0v) is 10.9. The Labute approximate surface area is 106 Å². The number of nitrogens with one attached hydrogen (secondary N) is 1. The molecule has 2 aliphatic rings. The molecule has 3 heterocycles. The Morgan fingerprint density at radius 3 is 2.06 bits per heavy atom. The van der Waals surface area contributed by atoms with E-state index in [0.29, 0.717) is 0 Å². The molecule has 3 rings (SSSR count). The van der Waals surface area contributed by atoms with Crippen LogP contribution in [0.2, 0.25) is 0 Å². The average molecular weight is 253 g/mol. The van der Waals surface area contributed by atoms with Crippen molar-refractivity contribution in [2.75, 3.05) is 49.1 Å². The molecule has 1 aromatic rings. The minimum absolute atomic E-state index is 1.05. The van der Waals surface area contributed by atoms with Gasteiger partial charge in [0.05, 0.1) is 11.7 Å². The number of hydrogen-bond acceptors (Lipinski definition) is 6. The number of aromatic nitrogens is 2. The first-order valence-electron chi connectivity index (χ1n) is 6.48. The first-order valence-corrected chi connectivity index (χ1v) is 7.21. The summed E-state index contributed by atoms with van der Waals surface area (Å²) in [6.45, 7) is 6.49. The van der Waals surface area contributed by atoms with Gasteiger partial charge in [-0.3, -0.25) is 0 Å². The number of rotatable bonds is 2. The molecule has 0 atom stereocenters. The molecular formula is C11H19N5S. The summed E-state index contributed by atoms with van der Waals surface area (Å²) in [7, 11) is 0. The first kappa shape index (κ1) is 11.2. The van der Waals surface area contributed by atoms with Crippen LogP contribution in [0.5, 0.6) is 0 Å². The van der Waals surface area contributed by atoms with Crippen LogP contribution in [0.3, 0.4) is 0 Å². The smallest absolute Gasteiger partial charge is 0.187 e. The van der Waals surface area contributed by atoms with Crippen LogP contribution >= 0.6 is 11.7 Å². The molecule has 0 spiro atoms. The zero-order valence-electron chi connectivity index (χ0n) is 10.1. The van der Waals surface area contributed by atoms with Crippen molar-refractivity contribution in [1.82, 2.24) is 14.1 Å². The summed E-state index contributed by atoms with van der Waals surface area (Å²) in [5.41, 5.74) is 0. The third-order valence-electron chi connectivity index (χ3n) is 3.53. The average Bonchev–Trinajstić information content (AvgIpc) is 2.90. The number of piperazine rings is 1. The van der Waals surface area contributed by atoms with Gasteiger partial charge in [-0.25, -0.2) is 0 Å². The minimum atomic E-state index is 1.05. The fraction of sp³-hybridized carbons (Fsp3) is 0.818. The molecule has 0 aliphatic carbocycles. The van der Waals surface area contributed by atoms with Gasteiger partial charge in [-0.2, -0.15) is 8.75 Å². The second-order valence-electron chi connectivity index (χ2n) is 4.70. The Bertz CT molecular complexity index is 322. The lowest BCUT2D eigenvalue weighted by atomic mass is 10.1. The van der Waals surface area contributed by atoms with Crippen molar-refractivity contribution in [2.24, 2.45) is 0 Å². The van der Waals surface area contributed by atoms with E-state index in [4.69, 9.17) is 0 Å². The van der Waals surface area contributed by atoms with Crippen molar-refractivity contribution in [3.05, 3.63) is 0 Å². The van der Waals surface area contributed by atoms with Gasteiger partial charge in [-0.05, 0) is 19.3 Å². The molecule has 2 fully saturated rings. The largest absolute Gasteiger partial charge is 0.353 e. The Morgan fingerprint density at radius 1 is 0.824 bits per heavy atom. The second kappa shape index (κ2) is 5.18. The van der Waals surface area contributed by atoms with Crippen LogP contribution in [0.1, 0.15) is 19.3 Å². The lowest BCUT2D eigenvalue weighted by Gasteiger charge is -2.32. The molecule has 6 heteroatoms. The van der Waals surface area contributed by atoms with Gasteiger partial charge in [0.25, 0.3) is 0 Å². The summed E-state index contributed by atoms with van der Waals surface area (Å²) < 4.78 is 9.01. The van der Waals surface area contributed by atoms with Gasteiger partial charge in [-0.15, -0.1) is 0 Å². The molecule has 2 aliphatic heterocycles. The molecule has 2 saturated heterocycles. The van der Waals surface area contributed by atoms with E-state index < -0.39 is 0 Å². The first-order chi connectivity index (χ1) is 8.45. The molecule has 0 unspecified atom stereocenters. The predicted octanol–water partition coefficient (Wildman–Crippen LogP) is 0.938. The van der Waals surface area contributed by atoms with Crippen LogP contribution in [0.15, 0.2) is 0 Å². The lowest BCUT2D eigenvalue weighted by Crippen LogP contribution is -2.44. The number of piperidine rings is 1. The van der Waals surface area contributed by atoms with Gasteiger partial charge in [0.15, 0.2) is 11.6 Å². The number of anilines is 2. The molecule has 0 aromatic carbocycles. The van der Waals surface area contributed by atoms with Gasteiger partial charge < -0.3 is 15.1 Å². The molecule has 94 valence electrons. The maximum Gasteiger partial charge on any atom is 0.187 e. The van der Waals surface area contributed by atoms with Crippen molar-refractivity contribution >= 4 is 23.4 Å². The third kappa shape index (κ3) is 2.37. The van der Waals surface area contributed by atoms with E-state index in [0.717, 1.165) is 50.9 Å². The highest BCUT2D eigenvalue weighted by molar-refractivity contribution is 6.99. The van der Waals surface area contributed by atoms with E-state index in [1.165, 1.54) is 31.0 Å². The quantitative estimate of drug-likeness (QED) is 0.850. The van der Waals surface area contributed by atoms with Crippen molar-refractivity contribution in [1.29, 1.82) is 0 Å². The van der Waals surface area contributed by atoms with Crippen LogP contribution < -0.4 is 15.1 Å². The van der Waals surface area contributed by atoms with E-state index in [1.807, 2.05) is 0 Å². The van der Waals surface area contributed by atoms with Gasteiger partial charge in [-0.1, -0.05) is 0 Å². The normalized spacial score (nSPS) is 21.9. The summed E-state index contributed by atoms with van der Waals surface area (Å²) in [6.07, 6.45) is 3.94. The lowest BCUT2D eigenvalue weighted by molar-refractivity contribution is 0.566. The van der Waals surface area contributed by atoms with Crippen LogP contribution in [-0.2, 0) is 0 Å². The number of nitrogens with zero attached hydrogens (tertiary/aromatic N) is 4. The summed E-state index contributed by atoms with van der Waals surface area (Å²) in [6, 6.07) is 0. The fourth-order valence-corrected chi connectivity index (χ4v) is 3.15. The maximum atomic E-state index is 4.51. The predicted molar refractivity (Wildman–Crippen MR) is 71.1 cm³/mol. The van der Waals surface area contributed by atoms with E-state index in [9.17, 15) is 0 Å². The summed E-state index contributed by atoms with van der Waals surface area (Å²) in [5.74, 6) is 2.23. The molecule has 5 nitrogen and oxygen atoms in total. The topological polar surface area (TPSA) is 44.3 Å². The molecule has 0 amide bonds. The molecule has 17 heavy (non-hydrogen) atoms. The maximum absolute atomic E-state index is 4.51. The molecular weight excluding hydrogens is 234 g/mol. The molecule has 0 saturated carbocycles. The van der Waals surface area contributed by atoms with Crippen LogP contribution in [0.25, 0.3) is 0 Å². The Hall–Kier alpha value is -0.880. The highest BCUT2D eigenvalue weighted by Crippen LogP contribution is 2.29. The van der Waals surface area contributed by atoms with Crippen molar-refractivity contribution < 1.29 is 0 Å². The summed E-state index contributed by atoms with van der Waals surface area (Å²) in [5, 5.41) is 3.38. The van der Waals surface area contributed by atoms with E-state index in [1.54, 1.807) is 0 Å². The Morgan fingerprint density at radius 2 is 1.41 bits per heavy atom. The highest BCUT2D eigenvalue weighted by Gasteiger charge is 2.23. The Kier molecular flexibility index (Phi) is 3.42. The van der Waals surface area contributed by atoms with Gasteiger partial charge >= 0.3 is 0 Å². The summed E-state index contributed by atoms with van der Waals surface area (Å²) in [4.78, 5) is 4.77. The minimum Gasteiger partial charge on any atom is -0.353 e. The molecule has 0 radical (unpaired) electrons. The van der Waals surface area contributed by atoms with Crippen LogP contribution in [0, 0.1) is 0 Å². The van der Waals surface area contributed by atoms with Gasteiger partial charge in [0.2, 0.25) is 0 Å². The van der Waals surface area contributed by atoms with E-state index >= 15 is 0 Å². The van der Waals surface area contributed by atoms with Crippen LogP contribution in [-0.4, -0.2) is 48.0 Å². The molecule has 1 N–H and O–H groups in total. The van der Waals surface area contributed by atoms with Crippen molar-refractivity contribution in [3.8, 4) is 0 Å². The second-order valence-corrected chi connectivity index (χ2v) is 5.22. The summed E-state index contributed by atoms with van der Waals surface area (Å²) >= 11 is 1.35. The van der Waals surface area contributed by atoms with E-state index in [2.05, 4.69) is 23.9 Å². The van der Waals surface area contributed by atoms with Crippen molar-refractivity contribution in [3.63, 3.8) is 0 Å². The standard InChI is InChI=1S/C11H19N5S/c1-2-6-15(7-3-1)10-11(14-17-13-10)16-8-4-12-5-9-16/h12H,1-9H2.